The van der Waals surface area contributed by atoms with Crippen molar-refractivity contribution in [3.8, 4) is 0 Å². The smallest absolute Gasteiger partial charge is 0.185 e. The highest BCUT2D eigenvalue weighted by Crippen LogP contribution is 2.13. The van der Waals surface area contributed by atoms with Crippen LogP contribution in [0.3, 0.4) is 0 Å². The number of thioether (sulfide) groups is 1. The first kappa shape index (κ1) is 19.4. The van der Waals surface area contributed by atoms with E-state index in [4.69, 9.17) is 0 Å². The molecule has 0 bridgehead atoms. The lowest BCUT2D eigenvalue weighted by Crippen LogP contribution is -2.23. The maximum absolute atomic E-state index is 10.8. The number of carbonyl (C=O) groups is 1. The molecule has 3 nitrogen and oxygen atoms in total. The zero-order chi connectivity index (χ0) is 16.0. The fraction of sp³-hybridized carbons (Fsp3) is 0.833. The van der Waals surface area contributed by atoms with Gasteiger partial charge in [-0.3, -0.25) is 4.79 Å². The summed E-state index contributed by atoms with van der Waals surface area (Å²) in [7, 11) is 2.12. The molecule has 0 saturated carbocycles. The van der Waals surface area contributed by atoms with Gasteiger partial charge in [-0.2, -0.15) is 0 Å². The van der Waals surface area contributed by atoms with Crippen LogP contribution >= 0.6 is 11.8 Å². The predicted octanol–water partition coefficient (Wildman–Crippen LogP) is 4.84. The van der Waals surface area contributed by atoms with Gasteiger partial charge in [-0.15, -0.1) is 0 Å². The lowest BCUT2D eigenvalue weighted by molar-refractivity contribution is -0.109. The molecule has 1 aliphatic rings. The monoisotopic (exact) mass is 326 g/mol. The second-order valence-corrected chi connectivity index (χ2v) is 7.66. The highest BCUT2D eigenvalue weighted by atomic mass is 32.2. The Bertz CT molecular complexity index is 320. The summed E-state index contributed by atoms with van der Waals surface area (Å²) < 4.78 is 0. The highest BCUT2D eigenvalue weighted by Gasteiger charge is 2.06. The Hall–Kier alpha value is -0.640. The number of hydrogen-bond acceptors (Lipinski definition) is 4. The Balaban J connectivity index is 1.71. The van der Waals surface area contributed by atoms with E-state index in [1.807, 2.05) is 0 Å². The second kappa shape index (κ2) is 12.9. The van der Waals surface area contributed by atoms with Crippen LogP contribution in [-0.2, 0) is 4.79 Å². The predicted molar refractivity (Wildman–Crippen MR) is 97.8 cm³/mol. The third kappa shape index (κ3) is 11.0. The standard InChI is InChI=1S/C18H34N2OS/c1-18(21)22-16-12-10-8-6-4-3-5-7-9-11-13-20-15-14-19(2)17-20/h14-15H,3-13,16-17H2,1-2H3. The van der Waals surface area contributed by atoms with Gasteiger partial charge in [-0.1, -0.05) is 63.1 Å². The van der Waals surface area contributed by atoms with Crippen LogP contribution in [-0.4, -0.2) is 40.9 Å². The lowest BCUT2D eigenvalue weighted by Gasteiger charge is -2.17. The molecule has 0 aliphatic carbocycles. The summed E-state index contributed by atoms with van der Waals surface area (Å²) in [5, 5.41) is 0.257. The van der Waals surface area contributed by atoms with Crippen molar-refractivity contribution in [2.24, 2.45) is 0 Å². The fourth-order valence-electron chi connectivity index (χ4n) is 2.78. The van der Waals surface area contributed by atoms with E-state index in [1.165, 1.54) is 82.5 Å². The molecule has 4 heteroatoms. The van der Waals surface area contributed by atoms with Gasteiger partial charge in [0, 0.05) is 38.7 Å². The Morgan fingerprint density at radius 3 is 1.95 bits per heavy atom. The average molecular weight is 327 g/mol. The number of carbonyl (C=O) groups excluding carboxylic acids is 1. The molecule has 1 rings (SSSR count). The molecule has 1 heterocycles. The van der Waals surface area contributed by atoms with Crippen molar-refractivity contribution in [2.75, 3.05) is 26.0 Å². The van der Waals surface area contributed by atoms with E-state index in [9.17, 15) is 4.79 Å². The Morgan fingerprint density at radius 1 is 0.909 bits per heavy atom. The number of rotatable bonds is 13. The first-order valence-corrected chi connectivity index (χ1v) is 9.93. The molecule has 0 N–H and O–H groups in total. The quantitative estimate of drug-likeness (QED) is 0.452. The SMILES string of the molecule is CC(=O)SCCCCCCCCCCCCN1C=CN(C)C1. The summed E-state index contributed by atoms with van der Waals surface area (Å²) in [5.74, 6) is 1.01. The van der Waals surface area contributed by atoms with E-state index in [0.29, 0.717) is 0 Å². The maximum atomic E-state index is 10.8. The molecule has 0 unspecified atom stereocenters. The van der Waals surface area contributed by atoms with E-state index in [-0.39, 0.29) is 5.12 Å². The van der Waals surface area contributed by atoms with Crippen LogP contribution in [0.5, 0.6) is 0 Å². The molecule has 0 aromatic carbocycles. The zero-order valence-electron chi connectivity index (χ0n) is 14.6. The van der Waals surface area contributed by atoms with Gasteiger partial charge in [0.05, 0.1) is 6.67 Å². The van der Waals surface area contributed by atoms with E-state index < -0.39 is 0 Å². The molecule has 0 aromatic heterocycles. The Labute approximate surface area is 141 Å². The van der Waals surface area contributed by atoms with Gasteiger partial charge >= 0.3 is 0 Å². The van der Waals surface area contributed by atoms with Crippen molar-refractivity contribution < 1.29 is 4.79 Å². The molecule has 1 aliphatic heterocycles. The van der Waals surface area contributed by atoms with Gasteiger partial charge in [-0.05, 0) is 12.8 Å². The molecular formula is C18H34N2OS. The van der Waals surface area contributed by atoms with E-state index in [0.717, 1.165) is 12.4 Å². The van der Waals surface area contributed by atoms with Crippen molar-refractivity contribution in [2.45, 2.75) is 71.1 Å². The Kier molecular flexibility index (Phi) is 11.3. The highest BCUT2D eigenvalue weighted by molar-refractivity contribution is 8.13. The van der Waals surface area contributed by atoms with Crippen LogP contribution in [0.15, 0.2) is 12.4 Å². The van der Waals surface area contributed by atoms with Gasteiger partial charge in [0.1, 0.15) is 0 Å². The summed E-state index contributed by atoms with van der Waals surface area (Å²) in [6.07, 6.45) is 17.8. The van der Waals surface area contributed by atoms with Gasteiger partial charge in [-0.25, -0.2) is 0 Å². The second-order valence-electron chi connectivity index (χ2n) is 6.38. The van der Waals surface area contributed by atoms with Crippen LogP contribution in [0.4, 0.5) is 0 Å². The molecule has 0 spiro atoms. The van der Waals surface area contributed by atoms with Crippen molar-refractivity contribution >= 4 is 16.9 Å². The summed E-state index contributed by atoms with van der Waals surface area (Å²) in [4.78, 5) is 15.4. The minimum atomic E-state index is 0.257. The fourth-order valence-corrected chi connectivity index (χ4v) is 3.42. The van der Waals surface area contributed by atoms with Crippen molar-refractivity contribution in [3.63, 3.8) is 0 Å². The van der Waals surface area contributed by atoms with Crippen molar-refractivity contribution in [1.82, 2.24) is 9.80 Å². The first-order chi connectivity index (χ1) is 10.7. The molecule has 0 atom stereocenters. The summed E-state index contributed by atoms with van der Waals surface area (Å²) in [5.41, 5.74) is 0. The molecule has 0 amide bonds. The first-order valence-electron chi connectivity index (χ1n) is 8.94. The molecule has 0 radical (unpaired) electrons. The van der Waals surface area contributed by atoms with E-state index >= 15 is 0 Å². The van der Waals surface area contributed by atoms with Crippen molar-refractivity contribution in [3.05, 3.63) is 12.4 Å². The maximum Gasteiger partial charge on any atom is 0.185 e. The molecule has 0 saturated heterocycles. The largest absolute Gasteiger partial charge is 0.362 e. The van der Waals surface area contributed by atoms with Gasteiger partial charge in [0.25, 0.3) is 0 Å². The zero-order valence-corrected chi connectivity index (χ0v) is 15.4. The number of hydrogen-bond donors (Lipinski definition) is 0. The van der Waals surface area contributed by atoms with Gasteiger partial charge in [0.15, 0.2) is 5.12 Å². The average Bonchev–Trinajstić information content (AvgIpc) is 2.89. The van der Waals surface area contributed by atoms with E-state index in [2.05, 4.69) is 29.2 Å². The lowest BCUT2D eigenvalue weighted by atomic mass is 10.1. The topological polar surface area (TPSA) is 23.6 Å². The summed E-state index contributed by atoms with van der Waals surface area (Å²) >= 11 is 1.47. The third-order valence-corrected chi connectivity index (χ3v) is 4.98. The van der Waals surface area contributed by atoms with Crippen LogP contribution in [0.1, 0.15) is 71.1 Å². The normalized spacial score (nSPS) is 14.1. The van der Waals surface area contributed by atoms with Crippen molar-refractivity contribution in [1.29, 1.82) is 0 Å². The minimum absolute atomic E-state index is 0.257. The number of nitrogens with zero attached hydrogens (tertiary/aromatic N) is 2. The van der Waals surface area contributed by atoms with Crippen LogP contribution in [0.25, 0.3) is 0 Å². The molecule has 128 valence electrons. The third-order valence-electron chi connectivity index (χ3n) is 4.08. The summed E-state index contributed by atoms with van der Waals surface area (Å²) in [6, 6.07) is 0. The molecular weight excluding hydrogens is 292 g/mol. The van der Waals surface area contributed by atoms with Crippen LogP contribution in [0, 0.1) is 0 Å². The molecule has 22 heavy (non-hydrogen) atoms. The number of unbranched alkanes of at least 4 members (excludes halogenated alkanes) is 9. The Morgan fingerprint density at radius 2 is 1.45 bits per heavy atom. The van der Waals surface area contributed by atoms with Gasteiger partial charge in [0.2, 0.25) is 0 Å². The molecule has 0 aromatic rings. The van der Waals surface area contributed by atoms with Crippen LogP contribution in [0.2, 0.25) is 0 Å². The molecule has 0 fully saturated rings. The summed E-state index contributed by atoms with van der Waals surface area (Å²) in [6.45, 7) is 3.93. The van der Waals surface area contributed by atoms with Gasteiger partial charge < -0.3 is 9.80 Å². The van der Waals surface area contributed by atoms with E-state index in [1.54, 1.807) is 6.92 Å². The van der Waals surface area contributed by atoms with Crippen LogP contribution < -0.4 is 0 Å². The minimum Gasteiger partial charge on any atom is -0.362 e.